The molecule has 1 aliphatic rings. The predicted molar refractivity (Wildman–Crippen MR) is 76.6 cm³/mol. The Labute approximate surface area is 129 Å². The highest BCUT2D eigenvalue weighted by atomic mass is 32.1. The van der Waals surface area contributed by atoms with E-state index in [1.165, 1.54) is 13.1 Å². The van der Waals surface area contributed by atoms with Crippen molar-refractivity contribution >= 4 is 20.6 Å². The Kier molecular flexibility index (Phi) is 4.97. The number of phosphoric ester groups is 1. The number of aromatic nitrogens is 2. The van der Waals surface area contributed by atoms with E-state index in [1.54, 1.807) is 0 Å². The Morgan fingerprint density at radius 2 is 2.14 bits per heavy atom. The lowest BCUT2D eigenvalue weighted by Gasteiger charge is -2.17. The fourth-order valence-electron chi connectivity index (χ4n) is 2.10. The molecule has 0 bridgehead atoms. The van der Waals surface area contributed by atoms with Crippen LogP contribution in [-0.4, -0.2) is 42.2 Å². The van der Waals surface area contributed by atoms with Gasteiger partial charge in [0.1, 0.15) is 12.3 Å². The van der Waals surface area contributed by atoms with Gasteiger partial charge in [-0.25, -0.2) is 13.3 Å². The molecule has 12 heteroatoms. The molecular weight excluding hydrogens is 339 g/mol. The van der Waals surface area contributed by atoms with Gasteiger partial charge in [0, 0.05) is 18.2 Å². The second kappa shape index (κ2) is 6.28. The normalized spacial score (nSPS) is 25.6. The summed E-state index contributed by atoms with van der Waals surface area (Å²) >= 11 is 3.79. The van der Waals surface area contributed by atoms with E-state index in [0.29, 0.717) is 3.97 Å². The minimum Gasteiger partial charge on any atom is -0.390 e. The number of nitrogens with zero attached hydrogens (tertiary/aromatic N) is 2. The van der Waals surface area contributed by atoms with E-state index < -0.39 is 44.1 Å². The Morgan fingerprint density at radius 3 is 2.73 bits per heavy atom. The smallest absolute Gasteiger partial charge is 0.390 e. The highest BCUT2D eigenvalue weighted by Gasteiger charge is 2.37. The molecule has 1 aromatic heterocycles. The summed E-state index contributed by atoms with van der Waals surface area (Å²) in [7, 11) is -4.69. The third-order valence-electron chi connectivity index (χ3n) is 3.19. The number of rotatable bonds is 4. The third-order valence-corrected chi connectivity index (χ3v) is 4.02. The topological polar surface area (TPSA) is 140 Å². The molecule has 0 aromatic carbocycles. The minimum atomic E-state index is -4.69. The first-order valence-corrected chi connectivity index (χ1v) is 8.11. The highest BCUT2D eigenvalue weighted by Crippen LogP contribution is 2.38. The first-order chi connectivity index (χ1) is 10.1. The van der Waals surface area contributed by atoms with Gasteiger partial charge in [0.25, 0.3) is 5.56 Å². The largest absolute Gasteiger partial charge is 0.469 e. The molecule has 2 rings (SSSR count). The zero-order valence-electron chi connectivity index (χ0n) is 11.4. The van der Waals surface area contributed by atoms with E-state index >= 15 is 0 Å². The van der Waals surface area contributed by atoms with E-state index in [-0.39, 0.29) is 12.0 Å². The second-order valence-electron chi connectivity index (χ2n) is 4.84. The van der Waals surface area contributed by atoms with Gasteiger partial charge in [-0.3, -0.25) is 13.9 Å². The Hall–Kier alpha value is -0.940. The predicted octanol–water partition coefficient (Wildman–Crippen LogP) is -1.23. The van der Waals surface area contributed by atoms with E-state index in [9.17, 15) is 19.3 Å². The highest BCUT2D eigenvalue weighted by molar-refractivity contribution is 7.78. The van der Waals surface area contributed by atoms with E-state index in [4.69, 9.17) is 14.5 Å². The molecule has 1 fully saturated rings. The molecule has 2 heterocycles. The number of aliphatic hydroxyl groups excluding tert-OH is 1. The van der Waals surface area contributed by atoms with Crippen LogP contribution in [0.1, 0.15) is 18.2 Å². The molecule has 0 amide bonds. The van der Waals surface area contributed by atoms with Gasteiger partial charge in [-0.2, -0.15) is 0 Å². The second-order valence-corrected chi connectivity index (χ2v) is 6.48. The summed E-state index contributed by atoms with van der Waals surface area (Å²) < 4.78 is 22.0. The Bertz CT molecular complexity index is 725. The van der Waals surface area contributed by atoms with Crippen molar-refractivity contribution in [2.45, 2.75) is 31.8 Å². The van der Waals surface area contributed by atoms with E-state index in [2.05, 4.69) is 17.3 Å². The average molecular weight is 354 g/mol. The molecular formula is C10H15N2O8PS. The van der Waals surface area contributed by atoms with Crippen molar-refractivity contribution < 1.29 is 28.7 Å². The maximum atomic E-state index is 12.0. The van der Waals surface area contributed by atoms with Crippen LogP contribution < -0.4 is 11.2 Å². The number of aryl methyl sites for hydroxylation is 1. The molecule has 1 aliphatic heterocycles. The number of aliphatic hydroxyl groups is 1. The number of thiol groups is 1. The summed E-state index contributed by atoms with van der Waals surface area (Å²) in [6.07, 6.45) is -1.71. The molecule has 10 nitrogen and oxygen atoms in total. The first kappa shape index (κ1) is 17.4. The molecule has 0 unspecified atom stereocenters. The maximum absolute atomic E-state index is 12.0. The third kappa shape index (κ3) is 3.69. The lowest BCUT2D eigenvalue weighted by Crippen LogP contribution is -2.38. The molecule has 22 heavy (non-hydrogen) atoms. The van der Waals surface area contributed by atoms with Gasteiger partial charge in [0.05, 0.1) is 12.7 Å². The summed E-state index contributed by atoms with van der Waals surface area (Å²) in [5.74, 6) is 0. The van der Waals surface area contributed by atoms with Gasteiger partial charge >= 0.3 is 13.5 Å². The van der Waals surface area contributed by atoms with Crippen LogP contribution in [0.2, 0.25) is 0 Å². The molecule has 1 saturated heterocycles. The van der Waals surface area contributed by atoms with Crippen LogP contribution in [0.15, 0.2) is 15.8 Å². The van der Waals surface area contributed by atoms with E-state index in [1.807, 2.05) is 0 Å². The maximum Gasteiger partial charge on any atom is 0.469 e. The lowest BCUT2D eigenvalue weighted by molar-refractivity contribution is -0.0452. The van der Waals surface area contributed by atoms with Crippen molar-refractivity contribution in [3.63, 3.8) is 0 Å². The van der Waals surface area contributed by atoms with Crippen LogP contribution in [-0.2, 0) is 13.8 Å². The minimum absolute atomic E-state index is 0.000510. The standard InChI is InChI=1S/C10H15N2O8PS/c1-5-3-11(10(15)12(22)9(5)14)8-2-6(13)7(20-8)4-19-21(16,17)18/h3,6-8,13,22H,2,4H2,1H3,(H2,16,17,18)/t6-,7+,8+/m0/s1. The first-order valence-electron chi connectivity index (χ1n) is 6.18. The molecule has 3 atom stereocenters. The number of hydrogen-bond donors (Lipinski definition) is 4. The van der Waals surface area contributed by atoms with Crippen molar-refractivity contribution in [2.24, 2.45) is 0 Å². The van der Waals surface area contributed by atoms with Gasteiger partial charge in [0.15, 0.2) is 0 Å². The van der Waals surface area contributed by atoms with Crippen molar-refractivity contribution in [3.05, 3.63) is 32.6 Å². The van der Waals surface area contributed by atoms with Gasteiger partial charge in [0.2, 0.25) is 0 Å². The van der Waals surface area contributed by atoms with Crippen molar-refractivity contribution in [1.29, 1.82) is 0 Å². The molecule has 0 aliphatic carbocycles. The van der Waals surface area contributed by atoms with Crippen molar-refractivity contribution in [2.75, 3.05) is 6.61 Å². The molecule has 1 aromatic rings. The summed E-state index contributed by atoms with van der Waals surface area (Å²) in [5.41, 5.74) is -1.06. The molecule has 124 valence electrons. The summed E-state index contributed by atoms with van der Waals surface area (Å²) in [6, 6.07) is 0. The fraction of sp³-hybridized carbons (Fsp3) is 0.600. The molecule has 0 spiro atoms. The van der Waals surface area contributed by atoms with Gasteiger partial charge in [-0.15, -0.1) is 0 Å². The SMILES string of the molecule is Cc1cn([C@H]2C[C@H](O)[C@@H](COP(=O)(O)O)O2)c(=O)n(S)c1=O. The monoisotopic (exact) mass is 354 g/mol. The Balaban J connectivity index is 2.21. The summed E-state index contributed by atoms with van der Waals surface area (Å²) in [4.78, 5) is 40.9. The summed E-state index contributed by atoms with van der Waals surface area (Å²) in [6.45, 7) is 0.959. The zero-order chi connectivity index (χ0) is 16.7. The van der Waals surface area contributed by atoms with Crippen LogP contribution in [0.5, 0.6) is 0 Å². The number of phosphoric acid groups is 1. The quantitative estimate of drug-likeness (QED) is 0.389. The molecule has 0 saturated carbocycles. The fourth-order valence-corrected chi connectivity index (χ4v) is 2.70. The van der Waals surface area contributed by atoms with Crippen LogP contribution in [0.4, 0.5) is 0 Å². The van der Waals surface area contributed by atoms with Crippen LogP contribution in [0.25, 0.3) is 0 Å². The number of hydrogen-bond acceptors (Lipinski definition) is 7. The summed E-state index contributed by atoms with van der Waals surface area (Å²) in [5, 5.41) is 9.84. The number of ether oxygens (including phenoxy) is 1. The molecule has 3 N–H and O–H groups in total. The van der Waals surface area contributed by atoms with Gasteiger partial charge < -0.3 is 19.6 Å². The average Bonchev–Trinajstić information content (AvgIpc) is 2.78. The van der Waals surface area contributed by atoms with Gasteiger partial charge in [-0.05, 0) is 6.92 Å². The van der Waals surface area contributed by atoms with Crippen LogP contribution >= 0.6 is 20.6 Å². The Morgan fingerprint density at radius 1 is 1.50 bits per heavy atom. The van der Waals surface area contributed by atoms with E-state index in [0.717, 1.165) is 4.57 Å². The van der Waals surface area contributed by atoms with Gasteiger partial charge in [-0.1, -0.05) is 12.8 Å². The van der Waals surface area contributed by atoms with Crippen LogP contribution in [0, 0.1) is 6.92 Å². The van der Waals surface area contributed by atoms with Crippen molar-refractivity contribution in [3.8, 4) is 0 Å². The van der Waals surface area contributed by atoms with Crippen LogP contribution in [0.3, 0.4) is 0 Å². The lowest BCUT2D eigenvalue weighted by atomic mass is 10.2. The van der Waals surface area contributed by atoms with Crippen molar-refractivity contribution in [1.82, 2.24) is 8.54 Å². The molecule has 0 radical (unpaired) electrons. The zero-order valence-corrected chi connectivity index (χ0v) is 13.2.